The van der Waals surface area contributed by atoms with Crippen molar-refractivity contribution in [2.75, 3.05) is 20.7 Å². The number of fused-ring (bicyclic) bond motifs is 1. The number of quaternary nitrogens is 1. The molecule has 1 heterocycles. The van der Waals surface area contributed by atoms with E-state index >= 15 is 0 Å². The van der Waals surface area contributed by atoms with Crippen LogP contribution >= 0.6 is 0 Å². The summed E-state index contributed by atoms with van der Waals surface area (Å²) in [6, 6.07) is 11.6. The minimum Gasteiger partial charge on any atom is -0.508 e. The standard InChI is InChI=1S/C19H23NO3/c1-20-10-9-14-11-19(23-2)18(22)12-16(14)17(20)8-5-13-3-6-15(21)7-4-13/h3-4,6-7,11-12,17,21-22H,5,8-10H2,1-2H3/p+1/t17-/m0/s1. The van der Waals surface area contributed by atoms with Gasteiger partial charge in [0.25, 0.3) is 0 Å². The fourth-order valence-electron chi connectivity index (χ4n) is 3.48. The second-order valence-corrected chi connectivity index (χ2v) is 6.33. The van der Waals surface area contributed by atoms with Gasteiger partial charge in [0, 0.05) is 18.4 Å². The first-order chi connectivity index (χ1) is 11.1. The summed E-state index contributed by atoms with van der Waals surface area (Å²) >= 11 is 0. The lowest BCUT2D eigenvalue weighted by molar-refractivity contribution is -0.915. The van der Waals surface area contributed by atoms with Gasteiger partial charge < -0.3 is 19.8 Å². The Morgan fingerprint density at radius 2 is 1.91 bits per heavy atom. The van der Waals surface area contributed by atoms with Gasteiger partial charge >= 0.3 is 0 Å². The maximum Gasteiger partial charge on any atom is 0.160 e. The number of aromatic hydroxyl groups is 2. The molecule has 1 unspecified atom stereocenters. The molecule has 0 radical (unpaired) electrons. The number of ether oxygens (including phenoxy) is 1. The molecule has 2 atom stereocenters. The van der Waals surface area contributed by atoms with E-state index < -0.39 is 0 Å². The maximum atomic E-state index is 10.1. The minimum absolute atomic E-state index is 0.218. The van der Waals surface area contributed by atoms with Gasteiger partial charge in [-0.25, -0.2) is 0 Å². The van der Waals surface area contributed by atoms with Crippen molar-refractivity contribution >= 4 is 0 Å². The van der Waals surface area contributed by atoms with Crippen molar-refractivity contribution in [2.24, 2.45) is 0 Å². The Balaban J connectivity index is 1.82. The highest BCUT2D eigenvalue weighted by atomic mass is 16.5. The van der Waals surface area contributed by atoms with Gasteiger partial charge in [0.2, 0.25) is 0 Å². The zero-order valence-corrected chi connectivity index (χ0v) is 13.7. The number of hydrogen-bond donors (Lipinski definition) is 3. The number of methoxy groups -OCH3 is 1. The van der Waals surface area contributed by atoms with E-state index in [4.69, 9.17) is 4.74 Å². The van der Waals surface area contributed by atoms with Crippen LogP contribution in [-0.4, -0.2) is 30.9 Å². The summed E-state index contributed by atoms with van der Waals surface area (Å²) in [6.07, 6.45) is 2.97. The van der Waals surface area contributed by atoms with Crippen LogP contribution in [0.25, 0.3) is 0 Å². The van der Waals surface area contributed by atoms with Crippen molar-refractivity contribution in [1.82, 2.24) is 0 Å². The molecule has 0 saturated carbocycles. The number of phenols is 2. The van der Waals surface area contributed by atoms with Crippen molar-refractivity contribution in [3.05, 3.63) is 53.1 Å². The highest BCUT2D eigenvalue weighted by Gasteiger charge is 2.29. The summed E-state index contributed by atoms with van der Waals surface area (Å²) in [5.41, 5.74) is 3.73. The molecule has 1 aliphatic rings. The van der Waals surface area contributed by atoms with Crippen molar-refractivity contribution in [1.29, 1.82) is 0 Å². The molecule has 4 nitrogen and oxygen atoms in total. The lowest BCUT2D eigenvalue weighted by Gasteiger charge is -2.32. The monoisotopic (exact) mass is 314 g/mol. The Labute approximate surface area is 136 Å². The molecule has 0 spiro atoms. The molecule has 0 saturated heterocycles. The normalized spacial score (nSPS) is 20.1. The summed E-state index contributed by atoms with van der Waals surface area (Å²) in [5, 5.41) is 19.5. The third kappa shape index (κ3) is 3.27. The van der Waals surface area contributed by atoms with Crippen LogP contribution in [0.2, 0.25) is 0 Å². The molecule has 0 aliphatic carbocycles. The number of likely N-dealkylation sites (N-methyl/N-ethyl adjacent to an activating group) is 1. The predicted molar refractivity (Wildman–Crippen MR) is 89.3 cm³/mol. The number of nitrogens with one attached hydrogen (secondary N) is 1. The van der Waals surface area contributed by atoms with Crippen molar-refractivity contribution < 1.29 is 19.8 Å². The van der Waals surface area contributed by atoms with Gasteiger partial charge in [-0.1, -0.05) is 12.1 Å². The molecule has 0 bridgehead atoms. The zero-order valence-electron chi connectivity index (χ0n) is 13.7. The van der Waals surface area contributed by atoms with Crippen LogP contribution in [0.3, 0.4) is 0 Å². The molecule has 122 valence electrons. The van der Waals surface area contributed by atoms with Crippen molar-refractivity contribution in [3.8, 4) is 17.2 Å². The Morgan fingerprint density at radius 1 is 1.17 bits per heavy atom. The van der Waals surface area contributed by atoms with Crippen LogP contribution in [0.15, 0.2) is 36.4 Å². The molecule has 0 aromatic heterocycles. The molecule has 4 heteroatoms. The maximum absolute atomic E-state index is 10.1. The Morgan fingerprint density at radius 3 is 2.61 bits per heavy atom. The molecular weight excluding hydrogens is 290 g/mol. The second kappa shape index (κ2) is 6.50. The van der Waals surface area contributed by atoms with Crippen LogP contribution in [-0.2, 0) is 12.8 Å². The second-order valence-electron chi connectivity index (χ2n) is 6.33. The first-order valence-corrected chi connectivity index (χ1v) is 8.08. The van der Waals surface area contributed by atoms with E-state index in [-0.39, 0.29) is 5.75 Å². The first-order valence-electron chi connectivity index (χ1n) is 8.08. The third-order valence-electron chi connectivity index (χ3n) is 4.86. The molecule has 23 heavy (non-hydrogen) atoms. The van der Waals surface area contributed by atoms with Crippen LogP contribution in [0.5, 0.6) is 17.2 Å². The molecular formula is C19H24NO3+. The van der Waals surface area contributed by atoms with E-state index in [9.17, 15) is 10.2 Å². The predicted octanol–water partition coefficient (Wildman–Crippen LogP) is 1.85. The van der Waals surface area contributed by atoms with Crippen molar-refractivity contribution in [3.63, 3.8) is 0 Å². The Bertz CT molecular complexity index is 682. The quantitative estimate of drug-likeness (QED) is 0.807. The molecule has 0 fully saturated rings. The van der Waals surface area contributed by atoms with Crippen LogP contribution < -0.4 is 9.64 Å². The number of aryl methyl sites for hydroxylation is 1. The number of phenolic OH excluding ortho intramolecular Hbond substituents is 2. The lowest BCUT2D eigenvalue weighted by Crippen LogP contribution is -3.10. The smallest absolute Gasteiger partial charge is 0.160 e. The fourth-order valence-corrected chi connectivity index (χ4v) is 3.48. The van der Waals surface area contributed by atoms with E-state index in [2.05, 4.69) is 7.05 Å². The largest absolute Gasteiger partial charge is 0.508 e. The van der Waals surface area contributed by atoms with E-state index in [1.165, 1.54) is 21.6 Å². The molecule has 3 N–H and O–H groups in total. The fraction of sp³-hybridized carbons (Fsp3) is 0.368. The molecule has 2 aromatic carbocycles. The van der Waals surface area contributed by atoms with Gasteiger partial charge in [0.1, 0.15) is 11.8 Å². The first kappa shape index (κ1) is 15.7. The SMILES string of the molecule is COc1cc2c(cc1O)[C@H](CCc1ccc(O)cc1)[NH+](C)CC2. The van der Waals surface area contributed by atoms with E-state index in [1.54, 1.807) is 19.2 Å². The van der Waals surface area contributed by atoms with Crippen LogP contribution in [0.1, 0.15) is 29.2 Å². The summed E-state index contributed by atoms with van der Waals surface area (Å²) < 4.78 is 5.23. The number of benzene rings is 2. The minimum atomic E-state index is 0.218. The Hall–Kier alpha value is -2.20. The summed E-state index contributed by atoms with van der Waals surface area (Å²) in [5.74, 6) is 1.08. The van der Waals surface area contributed by atoms with E-state index in [0.717, 1.165) is 25.8 Å². The highest BCUT2D eigenvalue weighted by molar-refractivity contribution is 5.48. The Kier molecular flexibility index (Phi) is 4.44. The molecule has 3 rings (SSSR count). The molecule has 2 aromatic rings. The zero-order chi connectivity index (χ0) is 16.4. The topological polar surface area (TPSA) is 54.1 Å². The summed E-state index contributed by atoms with van der Waals surface area (Å²) in [6.45, 7) is 1.08. The summed E-state index contributed by atoms with van der Waals surface area (Å²) in [7, 11) is 3.80. The van der Waals surface area contributed by atoms with Gasteiger partial charge in [0.15, 0.2) is 11.5 Å². The van der Waals surface area contributed by atoms with E-state index in [0.29, 0.717) is 17.5 Å². The van der Waals surface area contributed by atoms with Gasteiger partial charge in [-0.3, -0.25) is 0 Å². The summed E-state index contributed by atoms with van der Waals surface area (Å²) in [4.78, 5) is 1.47. The van der Waals surface area contributed by atoms with Gasteiger partial charge in [-0.15, -0.1) is 0 Å². The average Bonchev–Trinajstić information content (AvgIpc) is 2.55. The van der Waals surface area contributed by atoms with Crippen LogP contribution in [0.4, 0.5) is 0 Å². The van der Waals surface area contributed by atoms with Gasteiger partial charge in [0.05, 0.1) is 20.7 Å². The van der Waals surface area contributed by atoms with Crippen LogP contribution in [0, 0.1) is 0 Å². The van der Waals surface area contributed by atoms with Gasteiger partial charge in [-0.2, -0.15) is 0 Å². The number of hydrogen-bond acceptors (Lipinski definition) is 3. The molecule has 0 amide bonds. The highest BCUT2D eigenvalue weighted by Crippen LogP contribution is 2.34. The van der Waals surface area contributed by atoms with Gasteiger partial charge in [-0.05, 0) is 41.8 Å². The van der Waals surface area contributed by atoms with Crippen molar-refractivity contribution in [2.45, 2.75) is 25.3 Å². The van der Waals surface area contributed by atoms with E-state index in [1.807, 2.05) is 24.3 Å². The third-order valence-corrected chi connectivity index (χ3v) is 4.86. The lowest BCUT2D eigenvalue weighted by atomic mass is 9.89. The average molecular weight is 314 g/mol. The number of rotatable bonds is 4. The molecule has 1 aliphatic heterocycles.